The summed E-state index contributed by atoms with van der Waals surface area (Å²) in [5.41, 5.74) is 3.53. The summed E-state index contributed by atoms with van der Waals surface area (Å²) in [5.74, 6) is -0.0490. The first-order chi connectivity index (χ1) is 14.5. The zero-order valence-corrected chi connectivity index (χ0v) is 17.4. The van der Waals surface area contributed by atoms with Gasteiger partial charge in [0.1, 0.15) is 5.82 Å². The van der Waals surface area contributed by atoms with E-state index in [9.17, 15) is 9.18 Å². The minimum atomic E-state index is -0.508. The quantitative estimate of drug-likeness (QED) is 0.633. The van der Waals surface area contributed by atoms with Crippen LogP contribution in [0.15, 0.2) is 54.6 Å². The number of aromatic nitrogens is 2. The molecule has 2 heterocycles. The largest absolute Gasteiger partial charge is 0.354 e. The lowest BCUT2D eigenvalue weighted by atomic mass is 9.97. The van der Waals surface area contributed by atoms with E-state index >= 15 is 0 Å². The summed E-state index contributed by atoms with van der Waals surface area (Å²) in [5, 5.41) is 11.6. The lowest BCUT2D eigenvalue weighted by molar-refractivity contribution is -0.120. The summed E-state index contributed by atoms with van der Waals surface area (Å²) in [6.07, 6.45) is 1.66. The van der Waals surface area contributed by atoms with Crippen molar-refractivity contribution in [2.45, 2.75) is 19.8 Å². The molecule has 2 aromatic carbocycles. The molecular weight excluding hydrogens is 403 g/mol. The number of benzene rings is 2. The van der Waals surface area contributed by atoms with Gasteiger partial charge in [-0.3, -0.25) is 4.79 Å². The molecule has 1 aliphatic heterocycles. The van der Waals surface area contributed by atoms with E-state index in [1.54, 1.807) is 0 Å². The van der Waals surface area contributed by atoms with Gasteiger partial charge in [0, 0.05) is 24.3 Å². The van der Waals surface area contributed by atoms with Gasteiger partial charge >= 0.3 is 0 Å². The SMILES string of the molecule is Cc1ccc(-c2ccc(N3CCC[C@H](C(=O)Nc4ccc(F)c(Cl)c4)C3)nn2)cc1. The maximum Gasteiger partial charge on any atom is 0.229 e. The van der Waals surface area contributed by atoms with Gasteiger partial charge in [0.15, 0.2) is 5.82 Å². The standard InChI is InChI=1S/C23H22ClFN4O/c1-15-4-6-16(7-5-15)21-10-11-22(28-27-21)29-12-2-3-17(14-29)23(30)26-18-8-9-20(25)19(24)13-18/h4-11,13,17H,2-3,12,14H2,1H3,(H,26,30)/t17-/m0/s1. The van der Waals surface area contributed by atoms with E-state index in [4.69, 9.17) is 11.6 Å². The maximum absolute atomic E-state index is 13.3. The molecule has 0 saturated carbocycles. The number of carbonyl (C=O) groups excluding carboxylic acids is 1. The fraction of sp³-hybridized carbons (Fsp3) is 0.261. The van der Waals surface area contributed by atoms with Gasteiger partial charge in [-0.25, -0.2) is 4.39 Å². The number of rotatable bonds is 4. The highest BCUT2D eigenvalue weighted by atomic mass is 35.5. The van der Waals surface area contributed by atoms with Gasteiger partial charge in [-0.15, -0.1) is 10.2 Å². The normalized spacial score (nSPS) is 16.4. The highest BCUT2D eigenvalue weighted by Crippen LogP contribution is 2.25. The third kappa shape index (κ3) is 4.60. The second-order valence-corrected chi connectivity index (χ2v) is 7.95. The van der Waals surface area contributed by atoms with Gasteiger partial charge in [0.25, 0.3) is 0 Å². The topological polar surface area (TPSA) is 58.1 Å². The molecular formula is C23H22ClFN4O. The molecule has 154 valence electrons. The number of carbonyl (C=O) groups is 1. The zero-order valence-electron chi connectivity index (χ0n) is 16.6. The Morgan fingerprint density at radius 2 is 1.93 bits per heavy atom. The molecule has 1 aliphatic rings. The van der Waals surface area contributed by atoms with E-state index in [2.05, 4.69) is 20.4 Å². The Morgan fingerprint density at radius 1 is 1.13 bits per heavy atom. The van der Waals surface area contributed by atoms with Crippen LogP contribution in [0.4, 0.5) is 15.9 Å². The van der Waals surface area contributed by atoms with Crippen LogP contribution in [0.2, 0.25) is 5.02 Å². The van der Waals surface area contributed by atoms with Gasteiger partial charge in [-0.1, -0.05) is 41.4 Å². The van der Waals surface area contributed by atoms with Crippen molar-refractivity contribution in [2.24, 2.45) is 5.92 Å². The van der Waals surface area contributed by atoms with Gasteiger partial charge in [-0.2, -0.15) is 0 Å². The van der Waals surface area contributed by atoms with Crippen LogP contribution >= 0.6 is 11.6 Å². The van der Waals surface area contributed by atoms with E-state index in [1.807, 2.05) is 43.3 Å². The molecule has 0 spiro atoms. The predicted octanol–water partition coefficient (Wildman–Crippen LogP) is 5.10. The van der Waals surface area contributed by atoms with Gasteiger partial charge in [0.2, 0.25) is 5.91 Å². The van der Waals surface area contributed by atoms with E-state index in [-0.39, 0.29) is 16.8 Å². The van der Waals surface area contributed by atoms with Crippen LogP contribution in [0.5, 0.6) is 0 Å². The van der Waals surface area contributed by atoms with E-state index in [1.165, 1.54) is 23.8 Å². The summed E-state index contributed by atoms with van der Waals surface area (Å²) >= 11 is 5.80. The van der Waals surface area contributed by atoms with Gasteiger partial charge in [-0.05, 0) is 50.1 Å². The van der Waals surface area contributed by atoms with Crippen molar-refractivity contribution in [1.29, 1.82) is 0 Å². The first-order valence-electron chi connectivity index (χ1n) is 9.91. The third-order valence-electron chi connectivity index (χ3n) is 5.30. The number of hydrogen-bond acceptors (Lipinski definition) is 4. The summed E-state index contributed by atoms with van der Waals surface area (Å²) in [7, 11) is 0. The number of nitrogens with zero attached hydrogens (tertiary/aromatic N) is 3. The smallest absolute Gasteiger partial charge is 0.229 e. The molecule has 1 saturated heterocycles. The van der Waals surface area contributed by atoms with Crippen LogP contribution in [0, 0.1) is 18.7 Å². The molecule has 4 rings (SSSR count). The lowest BCUT2D eigenvalue weighted by Crippen LogP contribution is -2.41. The number of amides is 1. The van der Waals surface area contributed by atoms with Crippen LogP contribution < -0.4 is 10.2 Å². The monoisotopic (exact) mass is 424 g/mol. The Bertz CT molecular complexity index is 1040. The molecule has 1 aromatic heterocycles. The van der Waals surface area contributed by atoms with Crippen LogP contribution in [0.1, 0.15) is 18.4 Å². The molecule has 3 aromatic rings. The Balaban J connectivity index is 1.42. The fourth-order valence-corrected chi connectivity index (χ4v) is 3.77. The average Bonchev–Trinajstić information content (AvgIpc) is 2.77. The minimum absolute atomic E-state index is 0.0120. The molecule has 30 heavy (non-hydrogen) atoms. The third-order valence-corrected chi connectivity index (χ3v) is 5.59. The molecule has 5 nitrogen and oxygen atoms in total. The molecule has 1 N–H and O–H groups in total. The molecule has 1 fully saturated rings. The fourth-order valence-electron chi connectivity index (χ4n) is 3.59. The zero-order chi connectivity index (χ0) is 21.1. The number of anilines is 2. The number of nitrogens with one attached hydrogen (secondary N) is 1. The molecule has 0 aliphatic carbocycles. The highest BCUT2D eigenvalue weighted by molar-refractivity contribution is 6.31. The van der Waals surface area contributed by atoms with E-state index in [0.29, 0.717) is 12.2 Å². The number of aryl methyl sites for hydroxylation is 1. The first kappa shape index (κ1) is 20.3. The Morgan fingerprint density at radius 3 is 2.63 bits per heavy atom. The summed E-state index contributed by atoms with van der Waals surface area (Å²) in [6.45, 7) is 3.43. The average molecular weight is 425 g/mol. The van der Waals surface area contributed by atoms with Gasteiger partial charge in [0.05, 0.1) is 16.6 Å². The maximum atomic E-state index is 13.3. The van der Waals surface area contributed by atoms with Crippen LogP contribution in [-0.4, -0.2) is 29.2 Å². The molecule has 1 atom stereocenters. The lowest BCUT2D eigenvalue weighted by Gasteiger charge is -2.32. The van der Waals surface area contributed by atoms with E-state index < -0.39 is 5.82 Å². The van der Waals surface area contributed by atoms with Crippen molar-refractivity contribution in [2.75, 3.05) is 23.3 Å². The summed E-state index contributed by atoms with van der Waals surface area (Å²) in [6, 6.07) is 16.2. The number of halogens is 2. The number of piperidine rings is 1. The highest BCUT2D eigenvalue weighted by Gasteiger charge is 2.27. The second kappa shape index (κ2) is 8.79. The molecule has 0 unspecified atom stereocenters. The molecule has 0 bridgehead atoms. The Labute approximate surface area is 179 Å². The van der Waals surface area contributed by atoms with Crippen molar-refractivity contribution >= 4 is 29.0 Å². The van der Waals surface area contributed by atoms with Gasteiger partial charge < -0.3 is 10.2 Å². The predicted molar refractivity (Wildman–Crippen MR) is 117 cm³/mol. The van der Waals surface area contributed by atoms with Crippen molar-refractivity contribution < 1.29 is 9.18 Å². The molecule has 0 radical (unpaired) electrons. The van der Waals surface area contributed by atoms with Crippen LogP contribution in [-0.2, 0) is 4.79 Å². The second-order valence-electron chi connectivity index (χ2n) is 7.55. The first-order valence-corrected chi connectivity index (χ1v) is 10.3. The van der Waals surface area contributed by atoms with Crippen LogP contribution in [0.25, 0.3) is 11.3 Å². The Hall–Kier alpha value is -2.99. The number of hydrogen-bond donors (Lipinski definition) is 1. The molecule has 1 amide bonds. The minimum Gasteiger partial charge on any atom is -0.354 e. The van der Waals surface area contributed by atoms with E-state index in [0.717, 1.165) is 36.5 Å². The van der Waals surface area contributed by atoms with Crippen molar-refractivity contribution in [3.05, 3.63) is 71.0 Å². The van der Waals surface area contributed by atoms with Crippen molar-refractivity contribution in [1.82, 2.24) is 10.2 Å². The van der Waals surface area contributed by atoms with Crippen LogP contribution in [0.3, 0.4) is 0 Å². The summed E-state index contributed by atoms with van der Waals surface area (Å²) < 4.78 is 13.3. The summed E-state index contributed by atoms with van der Waals surface area (Å²) in [4.78, 5) is 14.8. The molecule has 7 heteroatoms. The van der Waals surface area contributed by atoms with Crippen molar-refractivity contribution in [3.63, 3.8) is 0 Å². The Kier molecular flexibility index (Phi) is 5.95. The van der Waals surface area contributed by atoms with Crippen molar-refractivity contribution in [3.8, 4) is 11.3 Å².